The van der Waals surface area contributed by atoms with Crippen LogP contribution in [-0.4, -0.2) is 18.0 Å². The van der Waals surface area contributed by atoms with Crippen LogP contribution in [0.3, 0.4) is 0 Å². The normalized spacial score (nSPS) is 13.7. The van der Waals surface area contributed by atoms with Gasteiger partial charge in [-0.25, -0.2) is 0 Å². The lowest BCUT2D eigenvalue weighted by Crippen LogP contribution is -2.22. The van der Waals surface area contributed by atoms with Crippen LogP contribution < -0.4 is 14.8 Å². The van der Waals surface area contributed by atoms with Crippen molar-refractivity contribution < 1.29 is 14.3 Å². The van der Waals surface area contributed by atoms with E-state index in [0.717, 1.165) is 4.90 Å². The van der Waals surface area contributed by atoms with Crippen molar-refractivity contribution in [1.82, 2.24) is 0 Å². The molecule has 0 unspecified atom stereocenters. The second-order valence-electron chi connectivity index (χ2n) is 4.77. The van der Waals surface area contributed by atoms with Crippen LogP contribution in [0.1, 0.15) is 6.92 Å². The lowest BCUT2D eigenvalue weighted by atomic mass is 10.2. The second-order valence-corrected chi connectivity index (χ2v) is 6.62. The standard InChI is InChI=1S/C16H14ClNO3S/c1-10(22-13-5-2-11(17)3-6-13)16(19)18-12-4-7-14-15(8-12)21-9-20-14/h2-8,10H,9H2,1H3,(H,18,19)/t10-/m1/s1. The summed E-state index contributed by atoms with van der Waals surface area (Å²) in [5, 5.41) is 3.33. The van der Waals surface area contributed by atoms with Gasteiger partial charge in [-0.05, 0) is 43.3 Å². The molecule has 1 aliphatic rings. The number of carbonyl (C=O) groups is 1. The number of ether oxygens (including phenoxy) is 2. The van der Waals surface area contributed by atoms with Gasteiger partial charge in [0, 0.05) is 21.7 Å². The summed E-state index contributed by atoms with van der Waals surface area (Å²) in [7, 11) is 0. The number of fused-ring (bicyclic) bond motifs is 1. The Bertz CT molecular complexity index is 690. The number of anilines is 1. The van der Waals surface area contributed by atoms with Crippen molar-refractivity contribution in [2.45, 2.75) is 17.1 Å². The van der Waals surface area contributed by atoms with Gasteiger partial charge in [0.2, 0.25) is 12.7 Å². The lowest BCUT2D eigenvalue weighted by molar-refractivity contribution is -0.115. The zero-order chi connectivity index (χ0) is 15.5. The van der Waals surface area contributed by atoms with Gasteiger partial charge in [0.15, 0.2) is 11.5 Å². The van der Waals surface area contributed by atoms with Gasteiger partial charge in [-0.3, -0.25) is 4.79 Å². The van der Waals surface area contributed by atoms with Crippen LogP contribution in [0.2, 0.25) is 5.02 Å². The van der Waals surface area contributed by atoms with Crippen LogP contribution in [0, 0.1) is 0 Å². The lowest BCUT2D eigenvalue weighted by Gasteiger charge is -2.12. The van der Waals surface area contributed by atoms with Crippen molar-refractivity contribution >= 4 is 35.0 Å². The molecule has 1 amide bonds. The fourth-order valence-electron chi connectivity index (χ4n) is 1.99. The van der Waals surface area contributed by atoms with Crippen molar-refractivity contribution in [1.29, 1.82) is 0 Å². The summed E-state index contributed by atoms with van der Waals surface area (Å²) in [5.74, 6) is 1.27. The first-order valence-corrected chi connectivity index (χ1v) is 8.00. The van der Waals surface area contributed by atoms with E-state index in [2.05, 4.69) is 5.32 Å². The Labute approximate surface area is 137 Å². The van der Waals surface area contributed by atoms with E-state index < -0.39 is 0 Å². The Morgan fingerprint density at radius 2 is 1.91 bits per heavy atom. The second kappa shape index (κ2) is 6.50. The minimum absolute atomic E-state index is 0.0705. The van der Waals surface area contributed by atoms with Crippen molar-refractivity contribution in [2.24, 2.45) is 0 Å². The third-order valence-corrected chi connectivity index (χ3v) is 4.50. The molecule has 2 aromatic carbocycles. The average molecular weight is 336 g/mol. The molecule has 22 heavy (non-hydrogen) atoms. The monoisotopic (exact) mass is 335 g/mol. The predicted molar refractivity (Wildman–Crippen MR) is 88.0 cm³/mol. The molecule has 114 valence electrons. The van der Waals surface area contributed by atoms with Gasteiger partial charge in [0.25, 0.3) is 0 Å². The molecule has 1 aliphatic heterocycles. The van der Waals surface area contributed by atoms with E-state index in [0.29, 0.717) is 22.2 Å². The number of hydrogen-bond donors (Lipinski definition) is 1. The summed E-state index contributed by atoms with van der Waals surface area (Å²) in [6.07, 6.45) is 0. The van der Waals surface area contributed by atoms with Gasteiger partial charge in [-0.15, -0.1) is 11.8 Å². The van der Waals surface area contributed by atoms with Crippen LogP contribution in [0.15, 0.2) is 47.4 Å². The SMILES string of the molecule is C[C@@H](Sc1ccc(Cl)cc1)C(=O)Nc1ccc2c(c1)OCO2. The molecule has 0 saturated heterocycles. The highest BCUT2D eigenvalue weighted by atomic mass is 35.5. The molecule has 0 spiro atoms. The van der Waals surface area contributed by atoms with Crippen LogP contribution in [0.5, 0.6) is 11.5 Å². The van der Waals surface area contributed by atoms with Gasteiger partial charge in [0.05, 0.1) is 5.25 Å². The fourth-order valence-corrected chi connectivity index (χ4v) is 2.98. The van der Waals surface area contributed by atoms with E-state index in [4.69, 9.17) is 21.1 Å². The summed E-state index contributed by atoms with van der Waals surface area (Å²) in [5.41, 5.74) is 0.692. The Balaban J connectivity index is 1.62. The van der Waals surface area contributed by atoms with Crippen molar-refractivity contribution in [2.75, 3.05) is 12.1 Å². The summed E-state index contributed by atoms with van der Waals surface area (Å²) in [6.45, 7) is 2.08. The number of rotatable bonds is 4. The molecular formula is C16H14ClNO3S. The molecule has 0 radical (unpaired) electrons. The van der Waals surface area contributed by atoms with E-state index in [1.165, 1.54) is 11.8 Å². The minimum atomic E-state index is -0.230. The maximum atomic E-state index is 12.3. The highest BCUT2D eigenvalue weighted by Crippen LogP contribution is 2.34. The van der Waals surface area contributed by atoms with Gasteiger partial charge >= 0.3 is 0 Å². The average Bonchev–Trinajstić information content (AvgIpc) is 2.97. The molecule has 3 rings (SSSR count). The Morgan fingerprint density at radius 1 is 1.18 bits per heavy atom. The van der Waals surface area contributed by atoms with Gasteiger partial charge < -0.3 is 14.8 Å². The maximum Gasteiger partial charge on any atom is 0.237 e. The molecule has 0 saturated carbocycles. The zero-order valence-corrected chi connectivity index (χ0v) is 13.4. The number of carbonyl (C=O) groups excluding carboxylic acids is 1. The van der Waals surface area contributed by atoms with E-state index in [1.54, 1.807) is 18.2 Å². The Kier molecular flexibility index (Phi) is 4.45. The number of thioether (sulfide) groups is 1. The van der Waals surface area contributed by atoms with Crippen LogP contribution in [-0.2, 0) is 4.79 Å². The predicted octanol–water partition coefficient (Wildman–Crippen LogP) is 4.19. The number of hydrogen-bond acceptors (Lipinski definition) is 4. The smallest absolute Gasteiger partial charge is 0.237 e. The first kappa shape index (κ1) is 15.1. The topological polar surface area (TPSA) is 47.6 Å². The minimum Gasteiger partial charge on any atom is -0.454 e. The molecule has 1 atom stereocenters. The molecule has 0 fully saturated rings. The highest BCUT2D eigenvalue weighted by Gasteiger charge is 2.17. The van der Waals surface area contributed by atoms with Gasteiger partial charge in [-0.2, -0.15) is 0 Å². The molecule has 1 N–H and O–H groups in total. The quantitative estimate of drug-likeness (QED) is 0.851. The molecular weight excluding hydrogens is 322 g/mol. The van der Waals surface area contributed by atoms with Gasteiger partial charge in [-0.1, -0.05) is 11.6 Å². The van der Waals surface area contributed by atoms with Crippen LogP contribution in [0.4, 0.5) is 5.69 Å². The van der Waals surface area contributed by atoms with E-state index in [1.807, 2.05) is 31.2 Å². The van der Waals surface area contributed by atoms with Crippen molar-refractivity contribution in [3.63, 3.8) is 0 Å². The first-order chi connectivity index (χ1) is 10.6. The molecule has 4 nitrogen and oxygen atoms in total. The number of benzene rings is 2. The van der Waals surface area contributed by atoms with E-state index in [9.17, 15) is 4.79 Å². The summed E-state index contributed by atoms with van der Waals surface area (Å²) in [6, 6.07) is 12.8. The highest BCUT2D eigenvalue weighted by molar-refractivity contribution is 8.00. The number of nitrogens with one attached hydrogen (secondary N) is 1. The maximum absolute atomic E-state index is 12.3. The Morgan fingerprint density at radius 3 is 2.68 bits per heavy atom. The van der Waals surface area contributed by atoms with Crippen molar-refractivity contribution in [3.05, 3.63) is 47.5 Å². The summed E-state index contributed by atoms with van der Waals surface area (Å²) in [4.78, 5) is 13.3. The first-order valence-electron chi connectivity index (χ1n) is 6.74. The third kappa shape index (κ3) is 3.48. The summed E-state index contributed by atoms with van der Waals surface area (Å²) < 4.78 is 10.5. The number of amides is 1. The molecule has 1 heterocycles. The molecule has 2 aromatic rings. The van der Waals surface area contributed by atoms with Crippen LogP contribution in [0.25, 0.3) is 0 Å². The number of halogens is 1. The molecule has 0 bridgehead atoms. The molecule has 0 aromatic heterocycles. The van der Waals surface area contributed by atoms with Gasteiger partial charge in [0.1, 0.15) is 0 Å². The zero-order valence-electron chi connectivity index (χ0n) is 11.8. The van der Waals surface area contributed by atoms with Crippen molar-refractivity contribution in [3.8, 4) is 11.5 Å². The third-order valence-electron chi connectivity index (χ3n) is 3.14. The molecule has 6 heteroatoms. The summed E-state index contributed by atoms with van der Waals surface area (Å²) >= 11 is 7.33. The van der Waals surface area contributed by atoms with E-state index in [-0.39, 0.29) is 18.0 Å². The largest absolute Gasteiger partial charge is 0.454 e. The van der Waals surface area contributed by atoms with E-state index >= 15 is 0 Å². The fraction of sp³-hybridized carbons (Fsp3) is 0.188. The Hall–Kier alpha value is -1.85. The van der Waals surface area contributed by atoms with Crippen LogP contribution >= 0.6 is 23.4 Å². The molecule has 0 aliphatic carbocycles.